The fourth-order valence-corrected chi connectivity index (χ4v) is 3.40. The smallest absolute Gasteiger partial charge is 0.313 e. The van der Waals surface area contributed by atoms with Crippen molar-refractivity contribution in [2.24, 2.45) is 11.8 Å². The van der Waals surface area contributed by atoms with Crippen molar-refractivity contribution in [2.75, 3.05) is 5.75 Å². The van der Waals surface area contributed by atoms with E-state index in [0.29, 0.717) is 5.92 Å². The maximum atomic E-state index is 10.6. The summed E-state index contributed by atoms with van der Waals surface area (Å²) in [6, 6.07) is 0. The number of hydrogen-bond acceptors (Lipinski definition) is 3. The first-order valence-corrected chi connectivity index (χ1v) is 7.43. The number of carboxylic acid groups (broad SMARTS) is 1. The number of nitrogens with zero attached hydrogens (tertiary/aromatic N) is 2. The predicted molar refractivity (Wildman–Crippen MR) is 71.8 cm³/mol. The molecule has 0 aromatic carbocycles. The highest BCUT2D eigenvalue weighted by Crippen LogP contribution is 2.33. The molecule has 2 atom stereocenters. The van der Waals surface area contributed by atoms with Gasteiger partial charge in [0.15, 0.2) is 5.16 Å². The lowest BCUT2D eigenvalue weighted by Gasteiger charge is -2.17. The van der Waals surface area contributed by atoms with Gasteiger partial charge in [0.2, 0.25) is 0 Å². The first kappa shape index (κ1) is 13.5. The minimum Gasteiger partial charge on any atom is -0.481 e. The van der Waals surface area contributed by atoms with Crippen LogP contribution in [0.3, 0.4) is 0 Å². The number of carbonyl (C=O) groups is 1. The van der Waals surface area contributed by atoms with Crippen LogP contribution in [0, 0.1) is 18.8 Å². The summed E-state index contributed by atoms with van der Waals surface area (Å²) < 4.78 is 2.13. The minimum absolute atomic E-state index is 0.0800. The molecular formula is C13H20N2O2S. The van der Waals surface area contributed by atoms with Gasteiger partial charge in [-0.25, -0.2) is 4.98 Å². The lowest BCUT2D eigenvalue weighted by Crippen LogP contribution is -2.13. The van der Waals surface area contributed by atoms with Crippen LogP contribution in [0.15, 0.2) is 11.4 Å². The second-order valence-electron chi connectivity index (χ2n) is 5.17. The van der Waals surface area contributed by atoms with Crippen molar-refractivity contribution in [3.8, 4) is 0 Å². The molecule has 2 rings (SSSR count). The average Bonchev–Trinajstić information content (AvgIpc) is 2.84. The first-order valence-electron chi connectivity index (χ1n) is 6.44. The zero-order chi connectivity index (χ0) is 13.1. The maximum absolute atomic E-state index is 10.6. The topological polar surface area (TPSA) is 55.1 Å². The number of carboxylic acids is 1. The summed E-state index contributed by atoms with van der Waals surface area (Å²) in [5.41, 5.74) is 0.966. The highest BCUT2D eigenvalue weighted by atomic mass is 32.2. The van der Waals surface area contributed by atoms with Gasteiger partial charge in [0, 0.05) is 12.7 Å². The number of aromatic nitrogens is 2. The summed E-state index contributed by atoms with van der Waals surface area (Å²) in [6.45, 7) is 5.24. The van der Waals surface area contributed by atoms with E-state index in [9.17, 15) is 4.79 Å². The third kappa shape index (κ3) is 3.28. The normalized spacial score (nSPS) is 23.4. The Morgan fingerprint density at radius 1 is 1.61 bits per heavy atom. The van der Waals surface area contributed by atoms with Gasteiger partial charge in [-0.2, -0.15) is 0 Å². The van der Waals surface area contributed by atoms with E-state index < -0.39 is 5.97 Å². The summed E-state index contributed by atoms with van der Waals surface area (Å²) in [6.07, 6.45) is 5.95. The van der Waals surface area contributed by atoms with E-state index in [1.54, 1.807) is 0 Å². The quantitative estimate of drug-likeness (QED) is 0.834. The molecule has 1 aromatic rings. The van der Waals surface area contributed by atoms with E-state index in [2.05, 4.69) is 16.5 Å². The van der Waals surface area contributed by atoms with Crippen LogP contribution >= 0.6 is 11.8 Å². The molecule has 1 aliphatic rings. The predicted octanol–water partition coefficient (Wildman–Crippen LogP) is 2.80. The lowest BCUT2D eigenvalue weighted by atomic mass is 9.98. The van der Waals surface area contributed by atoms with Crippen molar-refractivity contribution in [2.45, 2.75) is 44.8 Å². The molecule has 5 heteroatoms. The molecule has 1 aromatic heterocycles. The fraction of sp³-hybridized carbons (Fsp3) is 0.692. The third-order valence-electron chi connectivity index (χ3n) is 3.66. The lowest BCUT2D eigenvalue weighted by molar-refractivity contribution is -0.133. The Hall–Kier alpha value is -0.970. The molecule has 1 aliphatic carbocycles. The monoisotopic (exact) mass is 268 g/mol. The van der Waals surface area contributed by atoms with Gasteiger partial charge in [0.1, 0.15) is 0 Å². The van der Waals surface area contributed by atoms with Crippen LogP contribution in [0.25, 0.3) is 0 Å². The molecule has 1 fully saturated rings. The number of hydrogen-bond donors (Lipinski definition) is 1. The molecule has 0 aliphatic heterocycles. The Kier molecular flexibility index (Phi) is 4.32. The molecule has 0 saturated heterocycles. The van der Waals surface area contributed by atoms with E-state index in [1.807, 2.05) is 13.1 Å². The van der Waals surface area contributed by atoms with Gasteiger partial charge in [-0.15, -0.1) is 0 Å². The molecule has 0 bridgehead atoms. The molecule has 1 N–H and O–H groups in total. The highest BCUT2D eigenvalue weighted by molar-refractivity contribution is 7.99. The maximum Gasteiger partial charge on any atom is 0.313 e. The largest absolute Gasteiger partial charge is 0.481 e. The van der Waals surface area contributed by atoms with Crippen molar-refractivity contribution in [3.63, 3.8) is 0 Å². The number of aliphatic carboxylic acids is 1. The van der Waals surface area contributed by atoms with Crippen molar-refractivity contribution < 1.29 is 9.90 Å². The van der Waals surface area contributed by atoms with Crippen LogP contribution in [-0.2, 0) is 11.3 Å². The zero-order valence-electron chi connectivity index (χ0n) is 10.9. The number of aryl methyl sites for hydroxylation is 1. The SMILES string of the molecule is Cc1cn(CC2CCCC2C)c(SCC(=O)O)n1. The molecular weight excluding hydrogens is 248 g/mol. The average molecular weight is 268 g/mol. The molecule has 2 unspecified atom stereocenters. The summed E-state index contributed by atoms with van der Waals surface area (Å²) >= 11 is 1.31. The van der Waals surface area contributed by atoms with E-state index in [-0.39, 0.29) is 5.75 Å². The van der Waals surface area contributed by atoms with Crippen molar-refractivity contribution in [1.82, 2.24) is 9.55 Å². The molecule has 100 valence electrons. The Morgan fingerprint density at radius 2 is 2.39 bits per heavy atom. The minimum atomic E-state index is -0.790. The van der Waals surface area contributed by atoms with E-state index in [4.69, 9.17) is 5.11 Å². The zero-order valence-corrected chi connectivity index (χ0v) is 11.7. The number of rotatable bonds is 5. The van der Waals surface area contributed by atoms with E-state index >= 15 is 0 Å². The molecule has 18 heavy (non-hydrogen) atoms. The standard InChI is InChI=1S/C13H20N2O2S/c1-9-4-3-5-11(9)7-15-6-10(2)14-13(15)18-8-12(16)17/h6,9,11H,3-5,7-8H2,1-2H3,(H,16,17). The molecule has 1 heterocycles. The molecule has 0 spiro atoms. The third-order valence-corrected chi connectivity index (χ3v) is 4.63. The van der Waals surface area contributed by atoms with Gasteiger partial charge in [-0.1, -0.05) is 31.5 Å². The highest BCUT2D eigenvalue weighted by Gasteiger charge is 2.24. The Bertz CT molecular complexity index is 431. The van der Waals surface area contributed by atoms with Gasteiger partial charge in [0.05, 0.1) is 11.4 Å². The van der Waals surface area contributed by atoms with Crippen LogP contribution in [0.5, 0.6) is 0 Å². The summed E-state index contributed by atoms with van der Waals surface area (Å²) in [5, 5.41) is 9.58. The Balaban J connectivity index is 2.04. The number of thioether (sulfide) groups is 1. The summed E-state index contributed by atoms with van der Waals surface area (Å²) in [5.74, 6) is 0.769. The summed E-state index contributed by atoms with van der Waals surface area (Å²) in [4.78, 5) is 15.0. The second kappa shape index (κ2) is 5.78. The first-order chi connectivity index (χ1) is 8.56. The molecule has 4 nitrogen and oxygen atoms in total. The van der Waals surface area contributed by atoms with Gasteiger partial charge in [-0.05, 0) is 25.2 Å². The van der Waals surface area contributed by atoms with Crippen LogP contribution in [0.2, 0.25) is 0 Å². The van der Waals surface area contributed by atoms with E-state index in [1.165, 1.54) is 31.0 Å². The van der Waals surface area contributed by atoms with E-state index in [0.717, 1.165) is 23.3 Å². The van der Waals surface area contributed by atoms with Crippen LogP contribution < -0.4 is 0 Å². The van der Waals surface area contributed by atoms with Crippen molar-refractivity contribution in [3.05, 3.63) is 11.9 Å². The van der Waals surface area contributed by atoms with Crippen LogP contribution in [-0.4, -0.2) is 26.4 Å². The Morgan fingerprint density at radius 3 is 3.00 bits per heavy atom. The van der Waals surface area contributed by atoms with Crippen LogP contribution in [0.4, 0.5) is 0 Å². The van der Waals surface area contributed by atoms with Gasteiger partial charge < -0.3 is 9.67 Å². The van der Waals surface area contributed by atoms with Crippen molar-refractivity contribution >= 4 is 17.7 Å². The summed E-state index contributed by atoms with van der Waals surface area (Å²) in [7, 11) is 0. The molecule has 0 amide bonds. The molecule has 1 saturated carbocycles. The number of imidazole rings is 1. The second-order valence-corrected chi connectivity index (χ2v) is 6.11. The van der Waals surface area contributed by atoms with Gasteiger partial charge in [0.25, 0.3) is 0 Å². The van der Waals surface area contributed by atoms with Gasteiger partial charge >= 0.3 is 5.97 Å². The van der Waals surface area contributed by atoms with Crippen molar-refractivity contribution in [1.29, 1.82) is 0 Å². The van der Waals surface area contributed by atoms with Gasteiger partial charge in [-0.3, -0.25) is 4.79 Å². The molecule has 0 radical (unpaired) electrons. The Labute approximate surface area is 112 Å². The van der Waals surface area contributed by atoms with Crippen LogP contribution in [0.1, 0.15) is 31.9 Å². The fourth-order valence-electron chi connectivity index (χ4n) is 2.64.